The predicted molar refractivity (Wildman–Crippen MR) is 106 cm³/mol. The van der Waals surface area contributed by atoms with Crippen LogP contribution >= 0.6 is 0 Å². The molecule has 0 amide bonds. The standard InChI is InChI=1S/C20H22N4O7/c1-4-29-20(26)17-16(14-7-5-6-13(8-14)9-21)15(12(3)23-18(17)22)19(25)30-10-11(2)31-24(27)28/h5-8,11,16,23H,4,10,22H2,1-3H3. The first-order valence-electron chi connectivity index (χ1n) is 9.32. The van der Waals surface area contributed by atoms with Crippen LogP contribution in [-0.4, -0.2) is 36.3 Å². The number of allylic oxidation sites excluding steroid dienone is 1. The first kappa shape index (κ1) is 23.2. The highest BCUT2D eigenvalue weighted by molar-refractivity contribution is 5.99. The lowest BCUT2D eigenvalue weighted by molar-refractivity contribution is -0.767. The average Bonchev–Trinajstić information content (AvgIpc) is 2.71. The van der Waals surface area contributed by atoms with E-state index in [-0.39, 0.29) is 23.6 Å². The summed E-state index contributed by atoms with van der Waals surface area (Å²) in [5.74, 6) is -2.54. The van der Waals surface area contributed by atoms with E-state index >= 15 is 0 Å². The largest absolute Gasteiger partial charge is 0.463 e. The van der Waals surface area contributed by atoms with Crippen LogP contribution in [0.1, 0.15) is 37.8 Å². The van der Waals surface area contributed by atoms with Crippen LogP contribution in [0.3, 0.4) is 0 Å². The van der Waals surface area contributed by atoms with Gasteiger partial charge in [0, 0.05) is 5.70 Å². The summed E-state index contributed by atoms with van der Waals surface area (Å²) in [5, 5.41) is 21.5. The fraction of sp³-hybridized carbons (Fsp3) is 0.350. The van der Waals surface area contributed by atoms with Crippen LogP contribution in [0.2, 0.25) is 0 Å². The van der Waals surface area contributed by atoms with E-state index in [1.165, 1.54) is 13.0 Å². The highest BCUT2D eigenvalue weighted by Crippen LogP contribution is 2.38. The molecular formula is C20H22N4O7. The Balaban J connectivity index is 2.49. The minimum atomic E-state index is -0.998. The van der Waals surface area contributed by atoms with Gasteiger partial charge >= 0.3 is 11.9 Å². The fourth-order valence-corrected chi connectivity index (χ4v) is 3.13. The summed E-state index contributed by atoms with van der Waals surface area (Å²) in [4.78, 5) is 40.4. The molecule has 0 aliphatic carbocycles. The van der Waals surface area contributed by atoms with E-state index in [1.807, 2.05) is 6.07 Å². The number of hydrogen-bond acceptors (Lipinski definition) is 10. The Morgan fingerprint density at radius 2 is 2.00 bits per heavy atom. The van der Waals surface area contributed by atoms with Gasteiger partial charge in [0.15, 0.2) is 0 Å². The van der Waals surface area contributed by atoms with Crippen molar-refractivity contribution in [1.82, 2.24) is 5.32 Å². The molecule has 1 aliphatic rings. The zero-order valence-corrected chi connectivity index (χ0v) is 17.2. The predicted octanol–water partition coefficient (Wildman–Crippen LogP) is 1.39. The number of benzene rings is 1. The van der Waals surface area contributed by atoms with Crippen molar-refractivity contribution < 1.29 is 29.0 Å². The van der Waals surface area contributed by atoms with Gasteiger partial charge in [-0.3, -0.25) is 0 Å². The molecule has 0 bridgehead atoms. The molecule has 2 unspecified atom stereocenters. The van der Waals surface area contributed by atoms with Crippen molar-refractivity contribution in [3.8, 4) is 6.07 Å². The summed E-state index contributed by atoms with van der Waals surface area (Å²) >= 11 is 0. The molecule has 11 nitrogen and oxygen atoms in total. The van der Waals surface area contributed by atoms with Crippen molar-refractivity contribution in [1.29, 1.82) is 5.26 Å². The highest BCUT2D eigenvalue weighted by Gasteiger charge is 2.38. The molecule has 0 spiro atoms. The second-order valence-electron chi connectivity index (χ2n) is 6.62. The normalized spacial score (nSPS) is 16.6. The molecule has 31 heavy (non-hydrogen) atoms. The van der Waals surface area contributed by atoms with Crippen molar-refractivity contribution in [3.05, 3.63) is 68.2 Å². The molecule has 0 aromatic heterocycles. The lowest BCUT2D eigenvalue weighted by Gasteiger charge is -2.30. The van der Waals surface area contributed by atoms with Gasteiger partial charge in [-0.05, 0) is 38.5 Å². The topological polar surface area (TPSA) is 167 Å². The Morgan fingerprint density at radius 1 is 1.32 bits per heavy atom. The average molecular weight is 430 g/mol. The second-order valence-corrected chi connectivity index (χ2v) is 6.62. The summed E-state index contributed by atoms with van der Waals surface area (Å²) in [6.45, 7) is 4.26. The summed E-state index contributed by atoms with van der Waals surface area (Å²) in [7, 11) is 0. The molecule has 2 atom stereocenters. The van der Waals surface area contributed by atoms with Crippen LogP contribution in [0.25, 0.3) is 0 Å². The van der Waals surface area contributed by atoms with Gasteiger partial charge in [-0.25, -0.2) is 9.59 Å². The molecule has 0 radical (unpaired) electrons. The third kappa shape index (κ3) is 5.51. The first-order chi connectivity index (χ1) is 14.7. The van der Waals surface area contributed by atoms with Crippen molar-refractivity contribution in [2.45, 2.75) is 32.8 Å². The lowest BCUT2D eigenvalue weighted by atomic mass is 9.81. The van der Waals surface area contributed by atoms with E-state index in [0.29, 0.717) is 16.8 Å². The maximum absolute atomic E-state index is 12.9. The Morgan fingerprint density at radius 3 is 2.61 bits per heavy atom. The van der Waals surface area contributed by atoms with Gasteiger partial charge in [-0.2, -0.15) is 5.26 Å². The first-order valence-corrected chi connectivity index (χ1v) is 9.32. The number of rotatable bonds is 8. The van der Waals surface area contributed by atoms with E-state index in [4.69, 9.17) is 15.2 Å². The molecular weight excluding hydrogens is 408 g/mol. The van der Waals surface area contributed by atoms with Gasteiger partial charge < -0.3 is 25.4 Å². The Hall–Kier alpha value is -4.07. The molecule has 2 rings (SSSR count). The summed E-state index contributed by atoms with van der Waals surface area (Å²) in [5.41, 5.74) is 7.20. The lowest BCUT2D eigenvalue weighted by Crippen LogP contribution is -2.36. The number of ether oxygens (including phenoxy) is 2. The second kappa shape index (κ2) is 10.1. The van der Waals surface area contributed by atoms with Crippen LogP contribution < -0.4 is 11.1 Å². The number of nitrogens with two attached hydrogens (primary N) is 1. The van der Waals surface area contributed by atoms with Crippen LogP contribution in [-0.2, 0) is 23.9 Å². The van der Waals surface area contributed by atoms with Crippen LogP contribution in [0.15, 0.2) is 46.9 Å². The van der Waals surface area contributed by atoms with Gasteiger partial charge in [-0.1, -0.05) is 12.1 Å². The Kier molecular flexibility index (Phi) is 7.57. The van der Waals surface area contributed by atoms with Gasteiger partial charge in [0.05, 0.1) is 35.3 Å². The van der Waals surface area contributed by atoms with E-state index < -0.39 is 35.7 Å². The van der Waals surface area contributed by atoms with Crippen LogP contribution in [0, 0.1) is 21.4 Å². The Labute approximate surface area is 178 Å². The van der Waals surface area contributed by atoms with E-state index in [0.717, 1.165) is 0 Å². The number of carbonyl (C=O) groups is 2. The van der Waals surface area contributed by atoms with Crippen LogP contribution in [0.5, 0.6) is 0 Å². The Bertz CT molecular complexity index is 993. The number of esters is 2. The van der Waals surface area contributed by atoms with E-state index in [2.05, 4.69) is 10.2 Å². The maximum Gasteiger partial charge on any atom is 0.338 e. The number of nitrogens with zero attached hydrogens (tertiary/aromatic N) is 2. The number of hydrogen-bond donors (Lipinski definition) is 2. The zero-order valence-electron chi connectivity index (χ0n) is 17.2. The monoisotopic (exact) mass is 430 g/mol. The maximum atomic E-state index is 12.9. The smallest absolute Gasteiger partial charge is 0.338 e. The molecule has 1 aromatic carbocycles. The van der Waals surface area contributed by atoms with Crippen molar-refractivity contribution in [2.24, 2.45) is 5.73 Å². The van der Waals surface area contributed by atoms with Gasteiger partial charge in [0.1, 0.15) is 18.5 Å². The minimum Gasteiger partial charge on any atom is -0.463 e. The molecule has 3 N–H and O–H groups in total. The van der Waals surface area contributed by atoms with Crippen molar-refractivity contribution in [2.75, 3.05) is 13.2 Å². The third-order valence-electron chi connectivity index (χ3n) is 4.37. The quantitative estimate of drug-likeness (QED) is 0.349. The van der Waals surface area contributed by atoms with Crippen LogP contribution in [0.4, 0.5) is 0 Å². The molecule has 0 saturated heterocycles. The summed E-state index contributed by atoms with van der Waals surface area (Å²) < 4.78 is 10.3. The SMILES string of the molecule is CCOC(=O)C1=C(N)NC(C)=C(C(=O)OCC(C)O[N+](=O)[O-])C1c1cccc(C#N)c1. The van der Waals surface area contributed by atoms with Gasteiger partial charge in [0.25, 0.3) is 5.09 Å². The van der Waals surface area contributed by atoms with Crippen molar-refractivity contribution in [3.63, 3.8) is 0 Å². The van der Waals surface area contributed by atoms with Gasteiger partial charge in [0.2, 0.25) is 0 Å². The molecule has 1 aliphatic heterocycles. The summed E-state index contributed by atoms with van der Waals surface area (Å²) in [6.07, 6.45) is -0.998. The number of nitriles is 1. The number of dihydropyridines is 1. The highest BCUT2D eigenvalue weighted by atomic mass is 17.0. The molecule has 0 fully saturated rings. The molecule has 11 heteroatoms. The molecule has 164 valence electrons. The van der Waals surface area contributed by atoms with E-state index in [1.54, 1.807) is 32.0 Å². The fourth-order valence-electron chi connectivity index (χ4n) is 3.13. The number of carbonyl (C=O) groups excluding carboxylic acids is 2. The number of nitrogens with one attached hydrogen (secondary N) is 1. The molecule has 1 aromatic rings. The van der Waals surface area contributed by atoms with Gasteiger partial charge in [-0.15, -0.1) is 10.1 Å². The third-order valence-corrected chi connectivity index (χ3v) is 4.37. The summed E-state index contributed by atoms with van der Waals surface area (Å²) in [6, 6.07) is 8.37. The molecule has 1 heterocycles. The zero-order chi connectivity index (χ0) is 23.1. The molecule has 0 saturated carbocycles. The van der Waals surface area contributed by atoms with Crippen molar-refractivity contribution >= 4 is 11.9 Å². The minimum absolute atomic E-state index is 0.00455. The van der Waals surface area contributed by atoms with E-state index in [9.17, 15) is 25.0 Å².